The third-order valence-electron chi connectivity index (χ3n) is 7.08. The molecule has 2 atom stereocenters. The second-order valence-electron chi connectivity index (χ2n) is 9.45. The molecule has 0 radical (unpaired) electrons. The lowest BCUT2D eigenvalue weighted by atomic mass is 9.82. The predicted octanol–water partition coefficient (Wildman–Crippen LogP) is 2.87. The van der Waals surface area contributed by atoms with Gasteiger partial charge < -0.3 is 14.4 Å². The molecule has 1 aromatic carbocycles. The summed E-state index contributed by atoms with van der Waals surface area (Å²) in [5, 5.41) is 16.6. The molecule has 6 heterocycles. The van der Waals surface area contributed by atoms with Gasteiger partial charge in [-0.3, -0.25) is 15.4 Å². The first-order chi connectivity index (χ1) is 19.0. The zero-order valence-corrected chi connectivity index (χ0v) is 21.0. The minimum absolute atomic E-state index is 0.109. The molecule has 1 aliphatic rings. The zero-order valence-electron chi connectivity index (χ0n) is 21.0. The Balaban J connectivity index is 1.46. The van der Waals surface area contributed by atoms with Crippen LogP contribution in [0.25, 0.3) is 22.3 Å². The van der Waals surface area contributed by atoms with Crippen molar-refractivity contribution in [3.8, 4) is 11.4 Å². The first kappa shape index (κ1) is 23.2. The molecule has 7 rings (SSSR count). The van der Waals surface area contributed by atoms with Crippen molar-refractivity contribution in [3.05, 3.63) is 99.8 Å². The van der Waals surface area contributed by atoms with Crippen molar-refractivity contribution < 1.29 is 8.81 Å². The van der Waals surface area contributed by atoms with Crippen LogP contribution in [0, 0.1) is 12.7 Å². The number of halogens is 1. The average molecular weight is 527 g/mol. The van der Waals surface area contributed by atoms with Crippen molar-refractivity contribution in [1.82, 2.24) is 50.2 Å². The van der Waals surface area contributed by atoms with Crippen LogP contribution >= 0.6 is 0 Å². The third-order valence-corrected chi connectivity index (χ3v) is 7.08. The van der Waals surface area contributed by atoms with Gasteiger partial charge in [-0.05, 0) is 44.0 Å². The summed E-state index contributed by atoms with van der Waals surface area (Å²) < 4.78 is 20.5. The molecule has 0 saturated heterocycles. The Hall–Kier alpha value is -4.91. The van der Waals surface area contributed by atoms with Gasteiger partial charge in [0.05, 0.1) is 35.5 Å². The molecule has 0 aliphatic carbocycles. The Kier molecular flexibility index (Phi) is 5.10. The van der Waals surface area contributed by atoms with Crippen LogP contribution in [0.4, 0.5) is 4.39 Å². The fourth-order valence-corrected chi connectivity index (χ4v) is 5.27. The molecule has 0 amide bonds. The number of hydrogen-bond acceptors (Lipinski definition) is 8. The van der Waals surface area contributed by atoms with Gasteiger partial charge in [-0.2, -0.15) is 9.78 Å². The van der Waals surface area contributed by atoms with Crippen molar-refractivity contribution in [1.29, 1.82) is 0 Å². The second kappa shape index (κ2) is 8.56. The van der Waals surface area contributed by atoms with Crippen LogP contribution in [0.1, 0.15) is 47.6 Å². The fraction of sp³-hybridized carbons (Fsp3) is 0.231. The van der Waals surface area contributed by atoms with Gasteiger partial charge in [0.25, 0.3) is 5.89 Å². The van der Waals surface area contributed by atoms with E-state index in [9.17, 15) is 9.18 Å². The summed E-state index contributed by atoms with van der Waals surface area (Å²) in [6.07, 6.45) is 3.37. The van der Waals surface area contributed by atoms with E-state index in [2.05, 4.69) is 45.5 Å². The number of aromatic amines is 3. The number of nitrogens with one attached hydrogen (secondary N) is 4. The second-order valence-corrected chi connectivity index (χ2v) is 9.45. The SMILES string of the molecule is CCn1nc(C2(c3n[nH]c(C)n3)N[C@@H](c3ncc(-c4ccc(F)cn4)[nH]3)Cc3c2[nH]c2ccccc32)oc1=O. The molecule has 1 aliphatic heterocycles. The fourth-order valence-electron chi connectivity index (χ4n) is 5.27. The van der Waals surface area contributed by atoms with Crippen LogP contribution in [0.5, 0.6) is 0 Å². The van der Waals surface area contributed by atoms with E-state index >= 15 is 0 Å². The van der Waals surface area contributed by atoms with E-state index in [1.54, 1.807) is 19.2 Å². The Morgan fingerprint density at radius 3 is 2.77 bits per heavy atom. The highest BCUT2D eigenvalue weighted by Crippen LogP contribution is 2.44. The molecule has 0 fully saturated rings. The largest absolute Gasteiger partial charge is 0.437 e. The number of nitrogens with zero attached hydrogens (tertiary/aromatic N) is 6. The highest BCUT2D eigenvalue weighted by molar-refractivity contribution is 5.86. The minimum atomic E-state index is -1.34. The highest BCUT2D eigenvalue weighted by Gasteiger charge is 2.53. The summed E-state index contributed by atoms with van der Waals surface area (Å²) in [6, 6.07) is 10.5. The standard InChI is InChI=1S/C26H23FN10O2/c1-3-37-25(38)39-24(36-37)26(23-30-13(2)34-35-23)21-16(15-6-4-5-7-17(15)31-21)10-19(33-26)22-29-12-20(32-22)18-9-8-14(27)11-28-18/h4-9,11-12,19,31,33H,3,10H2,1-2H3,(H,29,32)(H,30,34,35)/t19-,26?/m1/s1. The molecule has 5 aromatic heterocycles. The van der Waals surface area contributed by atoms with E-state index in [4.69, 9.17) is 4.42 Å². The number of rotatable bonds is 5. The van der Waals surface area contributed by atoms with Gasteiger partial charge in [-0.15, -0.1) is 5.10 Å². The summed E-state index contributed by atoms with van der Waals surface area (Å²) in [4.78, 5) is 33.0. The van der Waals surface area contributed by atoms with Gasteiger partial charge in [-0.1, -0.05) is 18.2 Å². The average Bonchev–Trinajstić information content (AvgIpc) is 3.74. The normalized spacial score (nSPS) is 19.0. The molecule has 4 N–H and O–H groups in total. The maximum Gasteiger partial charge on any atom is 0.437 e. The Morgan fingerprint density at radius 1 is 1.15 bits per heavy atom. The lowest BCUT2D eigenvalue weighted by molar-refractivity contribution is 0.274. The molecular formula is C26H23FN10O2. The summed E-state index contributed by atoms with van der Waals surface area (Å²) in [6.45, 7) is 3.95. The first-order valence-electron chi connectivity index (χ1n) is 12.5. The van der Waals surface area contributed by atoms with Crippen molar-refractivity contribution in [3.63, 3.8) is 0 Å². The topological polar surface area (TPSA) is 159 Å². The van der Waals surface area contributed by atoms with Gasteiger partial charge in [0.15, 0.2) is 5.82 Å². The van der Waals surface area contributed by atoms with Crippen molar-refractivity contribution in [2.24, 2.45) is 0 Å². The van der Waals surface area contributed by atoms with E-state index in [1.165, 1.54) is 10.7 Å². The minimum Gasteiger partial charge on any atom is -0.389 e. The van der Waals surface area contributed by atoms with Crippen molar-refractivity contribution >= 4 is 10.9 Å². The third kappa shape index (κ3) is 3.54. The summed E-state index contributed by atoms with van der Waals surface area (Å²) in [5.41, 5.74) is 2.48. The highest BCUT2D eigenvalue weighted by atomic mass is 19.1. The van der Waals surface area contributed by atoms with Crippen LogP contribution in [0.15, 0.2) is 58.0 Å². The van der Waals surface area contributed by atoms with Gasteiger partial charge >= 0.3 is 5.76 Å². The van der Waals surface area contributed by atoms with Gasteiger partial charge in [0.2, 0.25) is 5.54 Å². The van der Waals surface area contributed by atoms with Gasteiger partial charge in [0.1, 0.15) is 17.5 Å². The Labute approximate surface area is 219 Å². The van der Waals surface area contributed by atoms with Crippen molar-refractivity contribution in [2.45, 2.75) is 38.4 Å². The van der Waals surface area contributed by atoms with E-state index < -0.39 is 23.2 Å². The monoisotopic (exact) mass is 526 g/mol. The number of H-pyrrole nitrogens is 3. The molecule has 196 valence electrons. The van der Waals surface area contributed by atoms with Crippen LogP contribution < -0.4 is 11.1 Å². The molecule has 1 unspecified atom stereocenters. The van der Waals surface area contributed by atoms with E-state index in [-0.39, 0.29) is 5.89 Å². The molecule has 13 heteroatoms. The number of aromatic nitrogens is 9. The quantitative estimate of drug-likeness (QED) is 0.267. The summed E-state index contributed by atoms with van der Waals surface area (Å²) in [5.74, 6) is 0.654. The molecule has 12 nitrogen and oxygen atoms in total. The van der Waals surface area contributed by atoms with E-state index in [0.717, 1.165) is 28.4 Å². The zero-order chi connectivity index (χ0) is 26.7. The number of fused-ring (bicyclic) bond motifs is 3. The smallest absolute Gasteiger partial charge is 0.389 e. The number of para-hydroxylation sites is 1. The molecular weight excluding hydrogens is 503 g/mol. The van der Waals surface area contributed by atoms with Crippen LogP contribution in [0.2, 0.25) is 0 Å². The molecule has 0 saturated carbocycles. The number of pyridine rings is 1. The number of hydrogen-bond donors (Lipinski definition) is 4. The predicted molar refractivity (Wildman–Crippen MR) is 137 cm³/mol. The Bertz CT molecular complexity index is 1880. The van der Waals surface area contributed by atoms with Gasteiger partial charge in [-0.25, -0.2) is 19.2 Å². The number of aryl methyl sites for hydroxylation is 2. The number of imidazole rings is 1. The molecule has 0 spiro atoms. The van der Waals surface area contributed by atoms with Crippen LogP contribution in [0.3, 0.4) is 0 Å². The summed E-state index contributed by atoms with van der Waals surface area (Å²) in [7, 11) is 0. The van der Waals surface area contributed by atoms with E-state index in [1.807, 2.05) is 31.2 Å². The Morgan fingerprint density at radius 2 is 2.03 bits per heavy atom. The maximum atomic E-state index is 13.4. The first-order valence-corrected chi connectivity index (χ1v) is 12.5. The lowest BCUT2D eigenvalue weighted by Gasteiger charge is -2.37. The molecule has 0 bridgehead atoms. The molecule has 39 heavy (non-hydrogen) atoms. The van der Waals surface area contributed by atoms with Crippen LogP contribution in [-0.2, 0) is 18.5 Å². The maximum absolute atomic E-state index is 13.4. The van der Waals surface area contributed by atoms with Crippen molar-refractivity contribution in [2.75, 3.05) is 0 Å². The van der Waals surface area contributed by atoms with Crippen LogP contribution in [-0.4, -0.2) is 44.9 Å². The molecule has 6 aromatic rings. The van der Waals surface area contributed by atoms with E-state index in [0.29, 0.717) is 41.8 Å². The summed E-state index contributed by atoms with van der Waals surface area (Å²) >= 11 is 0. The lowest BCUT2D eigenvalue weighted by Crippen LogP contribution is -2.52. The number of benzene rings is 1. The van der Waals surface area contributed by atoms with Gasteiger partial charge in [0, 0.05) is 17.4 Å².